The van der Waals surface area contributed by atoms with Gasteiger partial charge in [-0.3, -0.25) is 14.1 Å². The summed E-state index contributed by atoms with van der Waals surface area (Å²) in [5.74, 6) is 0.689. The highest BCUT2D eigenvalue weighted by atomic mass is 32.1. The number of ether oxygens (including phenoxy) is 2. The van der Waals surface area contributed by atoms with Crippen LogP contribution in [-0.4, -0.2) is 48.1 Å². The molecule has 0 saturated heterocycles. The Bertz CT molecular complexity index is 1370. The molecule has 0 aliphatic heterocycles. The Balaban J connectivity index is 1.47. The van der Waals surface area contributed by atoms with E-state index in [4.69, 9.17) is 13.9 Å². The fourth-order valence-corrected chi connectivity index (χ4v) is 5.67. The van der Waals surface area contributed by atoms with Gasteiger partial charge in [-0.15, -0.1) is 11.3 Å². The fourth-order valence-electron chi connectivity index (χ4n) is 4.97. The number of fused-ring (bicyclic) bond motifs is 1. The van der Waals surface area contributed by atoms with Crippen LogP contribution in [0.3, 0.4) is 0 Å². The third-order valence-electron chi connectivity index (χ3n) is 7.16. The van der Waals surface area contributed by atoms with Gasteiger partial charge < -0.3 is 13.9 Å². The molecule has 8 nitrogen and oxygen atoms in total. The van der Waals surface area contributed by atoms with Crippen molar-refractivity contribution in [3.8, 4) is 22.6 Å². The van der Waals surface area contributed by atoms with Crippen molar-refractivity contribution in [3.05, 3.63) is 53.7 Å². The van der Waals surface area contributed by atoms with E-state index in [1.165, 1.54) is 0 Å². The monoisotopic (exact) mass is 535 g/mol. The second-order valence-corrected chi connectivity index (χ2v) is 10.7. The number of thiazole rings is 1. The molecule has 0 unspecified atom stereocenters. The lowest BCUT2D eigenvalue weighted by Gasteiger charge is -2.30. The van der Waals surface area contributed by atoms with Crippen LogP contribution in [0.25, 0.3) is 27.5 Å². The van der Waals surface area contributed by atoms with Crippen molar-refractivity contribution in [1.82, 2.24) is 9.38 Å². The molecule has 0 N–H and O–H groups in total. The molecule has 4 aromatic rings. The summed E-state index contributed by atoms with van der Waals surface area (Å²) in [6, 6.07) is 9.50. The van der Waals surface area contributed by atoms with Gasteiger partial charge in [-0.25, -0.2) is 9.78 Å². The summed E-state index contributed by atoms with van der Waals surface area (Å²) in [6.07, 6.45) is 7.68. The van der Waals surface area contributed by atoms with Gasteiger partial charge >= 0.3 is 5.97 Å². The van der Waals surface area contributed by atoms with Gasteiger partial charge in [0.15, 0.2) is 4.96 Å². The van der Waals surface area contributed by atoms with Crippen LogP contribution in [-0.2, 0) is 14.3 Å². The number of anilines is 1. The van der Waals surface area contributed by atoms with Crippen LogP contribution in [0.4, 0.5) is 5.88 Å². The summed E-state index contributed by atoms with van der Waals surface area (Å²) >= 11 is 1.59. The molecule has 1 aliphatic carbocycles. The lowest BCUT2D eigenvalue weighted by molar-refractivity contribution is -0.123. The predicted octanol–water partition coefficient (Wildman–Crippen LogP) is 6.31. The SMILES string of the molecule is CCOC(=O)c1cc(-c2ccc(-c3cn4ccsc4n3)cc2)oc1N(CCOC)C(=O)[C@H]1CC[C@H](C)CC1. The van der Waals surface area contributed by atoms with Crippen LogP contribution in [0.15, 0.2) is 52.5 Å². The van der Waals surface area contributed by atoms with E-state index in [1.807, 2.05) is 46.4 Å². The number of hydrogen-bond acceptors (Lipinski definition) is 7. The molecule has 38 heavy (non-hydrogen) atoms. The van der Waals surface area contributed by atoms with Crippen LogP contribution < -0.4 is 4.90 Å². The molecule has 3 aromatic heterocycles. The molecule has 0 bridgehead atoms. The molecule has 1 amide bonds. The van der Waals surface area contributed by atoms with Crippen molar-refractivity contribution in [2.45, 2.75) is 39.5 Å². The highest BCUT2D eigenvalue weighted by Gasteiger charge is 2.33. The molecule has 1 aromatic carbocycles. The first-order chi connectivity index (χ1) is 18.5. The Hall–Kier alpha value is -3.43. The highest BCUT2D eigenvalue weighted by Crippen LogP contribution is 2.36. The molecular formula is C29H33N3O5S. The average Bonchev–Trinajstić information content (AvgIpc) is 3.65. The number of furan rings is 1. The molecule has 1 fully saturated rings. The maximum atomic E-state index is 13.7. The van der Waals surface area contributed by atoms with Crippen LogP contribution in [0.5, 0.6) is 0 Å². The van der Waals surface area contributed by atoms with Crippen molar-refractivity contribution >= 4 is 34.1 Å². The number of rotatable bonds is 9. The molecule has 3 heterocycles. The van der Waals surface area contributed by atoms with E-state index in [9.17, 15) is 9.59 Å². The van der Waals surface area contributed by atoms with Gasteiger partial charge in [-0.2, -0.15) is 0 Å². The first-order valence-corrected chi connectivity index (χ1v) is 14.0. The van der Waals surface area contributed by atoms with E-state index in [0.29, 0.717) is 18.3 Å². The van der Waals surface area contributed by atoms with Crippen molar-refractivity contribution in [3.63, 3.8) is 0 Å². The van der Waals surface area contributed by atoms with Crippen LogP contribution in [0, 0.1) is 11.8 Å². The maximum Gasteiger partial charge on any atom is 0.343 e. The fraction of sp³-hybridized carbons (Fsp3) is 0.414. The van der Waals surface area contributed by atoms with Gasteiger partial charge in [-0.1, -0.05) is 31.2 Å². The highest BCUT2D eigenvalue weighted by molar-refractivity contribution is 7.15. The zero-order valence-electron chi connectivity index (χ0n) is 22.0. The van der Waals surface area contributed by atoms with Gasteiger partial charge in [0.25, 0.3) is 0 Å². The second-order valence-electron chi connectivity index (χ2n) is 9.79. The number of nitrogens with zero attached hydrogens (tertiary/aromatic N) is 3. The van der Waals surface area contributed by atoms with E-state index in [2.05, 4.69) is 11.9 Å². The number of methoxy groups -OCH3 is 1. The Morgan fingerprint density at radius 1 is 1.16 bits per heavy atom. The van der Waals surface area contributed by atoms with Crippen molar-refractivity contribution < 1.29 is 23.5 Å². The number of carbonyl (C=O) groups excluding carboxylic acids is 2. The number of esters is 1. The summed E-state index contributed by atoms with van der Waals surface area (Å²) in [5.41, 5.74) is 2.89. The second kappa shape index (κ2) is 11.5. The summed E-state index contributed by atoms with van der Waals surface area (Å²) < 4.78 is 18.9. The predicted molar refractivity (Wildman–Crippen MR) is 148 cm³/mol. The number of hydrogen-bond donors (Lipinski definition) is 0. The number of aromatic nitrogens is 2. The minimum absolute atomic E-state index is 0.0319. The van der Waals surface area contributed by atoms with Crippen LogP contribution in [0.2, 0.25) is 0 Å². The van der Waals surface area contributed by atoms with Crippen molar-refractivity contribution in [1.29, 1.82) is 0 Å². The lowest BCUT2D eigenvalue weighted by atomic mass is 9.82. The molecule has 5 rings (SSSR count). The minimum Gasteiger partial charge on any atom is -0.462 e. The quantitative estimate of drug-likeness (QED) is 0.234. The first kappa shape index (κ1) is 26.2. The Labute approximate surface area is 226 Å². The molecule has 1 saturated carbocycles. The Kier molecular flexibility index (Phi) is 7.95. The molecule has 200 valence electrons. The molecule has 1 aliphatic rings. The molecule has 0 atom stereocenters. The summed E-state index contributed by atoms with van der Waals surface area (Å²) in [6.45, 7) is 4.82. The first-order valence-electron chi connectivity index (χ1n) is 13.1. The van der Waals surface area contributed by atoms with Gasteiger partial charge in [-0.05, 0) is 38.5 Å². The van der Waals surface area contributed by atoms with Gasteiger partial charge in [0.05, 0.1) is 25.5 Å². The van der Waals surface area contributed by atoms with E-state index in [-0.39, 0.29) is 36.4 Å². The van der Waals surface area contributed by atoms with Gasteiger partial charge in [0.1, 0.15) is 11.3 Å². The lowest BCUT2D eigenvalue weighted by Crippen LogP contribution is -2.40. The Morgan fingerprint density at radius 2 is 1.89 bits per heavy atom. The van der Waals surface area contributed by atoms with E-state index < -0.39 is 5.97 Å². The zero-order chi connectivity index (χ0) is 26.6. The van der Waals surface area contributed by atoms with Crippen LogP contribution >= 0.6 is 11.3 Å². The molecule has 0 radical (unpaired) electrons. The van der Waals surface area contributed by atoms with E-state index in [1.54, 1.807) is 36.3 Å². The maximum absolute atomic E-state index is 13.7. The van der Waals surface area contributed by atoms with Crippen LogP contribution in [0.1, 0.15) is 49.9 Å². The normalized spacial score (nSPS) is 17.6. The molecular weight excluding hydrogens is 502 g/mol. The molecule has 9 heteroatoms. The van der Waals surface area contributed by atoms with E-state index in [0.717, 1.165) is 47.5 Å². The van der Waals surface area contributed by atoms with Gasteiger partial charge in [0.2, 0.25) is 11.8 Å². The van der Waals surface area contributed by atoms with E-state index >= 15 is 0 Å². The number of amides is 1. The summed E-state index contributed by atoms with van der Waals surface area (Å²) in [4.78, 5) is 33.8. The number of carbonyl (C=O) groups is 2. The average molecular weight is 536 g/mol. The van der Waals surface area contributed by atoms with Crippen molar-refractivity contribution in [2.24, 2.45) is 11.8 Å². The third kappa shape index (κ3) is 5.39. The molecule has 0 spiro atoms. The van der Waals surface area contributed by atoms with Gasteiger partial charge in [0, 0.05) is 48.0 Å². The zero-order valence-corrected chi connectivity index (χ0v) is 22.8. The smallest absolute Gasteiger partial charge is 0.343 e. The third-order valence-corrected chi connectivity index (χ3v) is 7.93. The van der Waals surface area contributed by atoms with Crippen molar-refractivity contribution in [2.75, 3.05) is 31.8 Å². The summed E-state index contributed by atoms with van der Waals surface area (Å²) in [5, 5.41) is 2.00. The standard InChI is InChI=1S/C29H33N3O5S/c1-4-36-28(34)23-17-25(21-11-9-20(10-12-21)24-18-31-14-16-38-29(31)30-24)37-27(23)32(13-15-35-3)26(33)22-7-5-19(2)6-8-22/h9-12,14,16-19,22H,4-8,13,15H2,1-3H3/t19-,22-. The number of benzene rings is 1. The minimum atomic E-state index is -0.514. The summed E-state index contributed by atoms with van der Waals surface area (Å²) in [7, 11) is 1.59. The topological polar surface area (TPSA) is 86.3 Å². The number of imidazole rings is 1. The largest absolute Gasteiger partial charge is 0.462 e. The Morgan fingerprint density at radius 3 is 2.58 bits per heavy atom.